The average Bonchev–Trinajstić information content (AvgIpc) is 1.81. The molecule has 0 rings (SSSR count). The Morgan fingerprint density at radius 1 is 1.38 bits per heavy atom. The monoisotopic (exact) mass is 184 g/mol. The number of nitrogens with one attached hydrogen (secondary N) is 1. The van der Waals surface area contributed by atoms with E-state index in [0.29, 0.717) is 5.41 Å². The standard InChI is InChI=1S/C11H24N2/c1-10(7-12-5)8-13(6)9-11(2,3)4/h12H,1,7-9H2,2-6H3. The molecule has 2 heteroatoms. The van der Waals surface area contributed by atoms with Crippen LogP contribution in [0.5, 0.6) is 0 Å². The van der Waals surface area contributed by atoms with Gasteiger partial charge in [-0.3, -0.25) is 0 Å². The highest BCUT2D eigenvalue weighted by Crippen LogP contribution is 2.14. The normalized spacial score (nSPS) is 12.2. The first kappa shape index (κ1) is 12.7. The van der Waals surface area contributed by atoms with Gasteiger partial charge in [-0.2, -0.15) is 0 Å². The van der Waals surface area contributed by atoms with Gasteiger partial charge in [0, 0.05) is 19.6 Å². The molecule has 0 aliphatic rings. The van der Waals surface area contributed by atoms with Crippen LogP contribution in [0.2, 0.25) is 0 Å². The van der Waals surface area contributed by atoms with Crippen molar-refractivity contribution in [2.24, 2.45) is 5.41 Å². The highest BCUT2D eigenvalue weighted by atomic mass is 15.1. The molecular weight excluding hydrogens is 160 g/mol. The Kier molecular flexibility index (Phi) is 5.26. The van der Waals surface area contributed by atoms with Gasteiger partial charge < -0.3 is 10.2 Å². The van der Waals surface area contributed by atoms with E-state index in [1.54, 1.807) is 0 Å². The van der Waals surface area contributed by atoms with Crippen molar-refractivity contribution in [1.29, 1.82) is 0 Å². The van der Waals surface area contributed by atoms with Crippen molar-refractivity contribution < 1.29 is 0 Å². The molecule has 0 saturated heterocycles. The Bertz CT molecular complexity index is 156. The number of likely N-dealkylation sites (N-methyl/N-ethyl adjacent to an activating group) is 2. The van der Waals surface area contributed by atoms with Crippen LogP contribution in [-0.2, 0) is 0 Å². The Hall–Kier alpha value is -0.340. The zero-order valence-corrected chi connectivity index (χ0v) is 9.78. The molecular formula is C11H24N2. The maximum absolute atomic E-state index is 4.01. The van der Waals surface area contributed by atoms with Crippen molar-refractivity contribution in [3.63, 3.8) is 0 Å². The molecule has 78 valence electrons. The Labute approximate surface area is 83.0 Å². The molecule has 1 N–H and O–H groups in total. The quantitative estimate of drug-likeness (QED) is 0.655. The van der Waals surface area contributed by atoms with E-state index < -0.39 is 0 Å². The minimum atomic E-state index is 0.370. The number of hydrogen-bond donors (Lipinski definition) is 1. The smallest absolute Gasteiger partial charge is 0.0200 e. The molecule has 0 spiro atoms. The predicted molar refractivity (Wildman–Crippen MR) is 60.0 cm³/mol. The molecule has 2 nitrogen and oxygen atoms in total. The lowest BCUT2D eigenvalue weighted by Crippen LogP contribution is -2.32. The van der Waals surface area contributed by atoms with Crippen molar-refractivity contribution in [2.45, 2.75) is 20.8 Å². The third-order valence-corrected chi connectivity index (χ3v) is 1.66. The first-order chi connectivity index (χ1) is 5.85. The molecule has 0 aliphatic heterocycles. The molecule has 0 unspecified atom stereocenters. The lowest BCUT2D eigenvalue weighted by molar-refractivity contribution is 0.240. The van der Waals surface area contributed by atoms with Crippen LogP contribution in [0.1, 0.15) is 20.8 Å². The van der Waals surface area contributed by atoms with Crippen LogP contribution in [0.15, 0.2) is 12.2 Å². The van der Waals surface area contributed by atoms with E-state index in [2.05, 4.69) is 44.6 Å². The summed E-state index contributed by atoms with van der Waals surface area (Å²) in [6.45, 7) is 13.8. The Morgan fingerprint density at radius 2 is 1.92 bits per heavy atom. The summed E-state index contributed by atoms with van der Waals surface area (Å²) in [6.07, 6.45) is 0. The van der Waals surface area contributed by atoms with Crippen LogP contribution in [0.3, 0.4) is 0 Å². The average molecular weight is 184 g/mol. The summed E-state index contributed by atoms with van der Waals surface area (Å²) in [6, 6.07) is 0. The van der Waals surface area contributed by atoms with E-state index in [0.717, 1.165) is 19.6 Å². The summed E-state index contributed by atoms with van der Waals surface area (Å²) in [7, 11) is 4.10. The van der Waals surface area contributed by atoms with Crippen molar-refractivity contribution in [3.8, 4) is 0 Å². The van der Waals surface area contributed by atoms with Gasteiger partial charge in [-0.05, 0) is 25.1 Å². The summed E-state index contributed by atoms with van der Waals surface area (Å²) in [4.78, 5) is 2.32. The summed E-state index contributed by atoms with van der Waals surface area (Å²) >= 11 is 0. The number of nitrogens with zero attached hydrogens (tertiary/aromatic N) is 1. The first-order valence-corrected chi connectivity index (χ1v) is 4.85. The molecule has 0 heterocycles. The van der Waals surface area contributed by atoms with Gasteiger partial charge in [0.2, 0.25) is 0 Å². The Morgan fingerprint density at radius 3 is 2.31 bits per heavy atom. The van der Waals surface area contributed by atoms with Gasteiger partial charge in [-0.25, -0.2) is 0 Å². The van der Waals surface area contributed by atoms with Crippen LogP contribution in [0.25, 0.3) is 0 Å². The molecule has 0 aromatic heterocycles. The van der Waals surface area contributed by atoms with Crippen molar-refractivity contribution >= 4 is 0 Å². The summed E-state index contributed by atoms with van der Waals surface area (Å²) in [5.41, 5.74) is 1.61. The van der Waals surface area contributed by atoms with E-state index in [-0.39, 0.29) is 0 Å². The van der Waals surface area contributed by atoms with E-state index in [4.69, 9.17) is 0 Å². The van der Waals surface area contributed by atoms with Gasteiger partial charge in [0.25, 0.3) is 0 Å². The fourth-order valence-corrected chi connectivity index (χ4v) is 1.55. The fourth-order valence-electron chi connectivity index (χ4n) is 1.55. The molecule has 0 radical (unpaired) electrons. The van der Waals surface area contributed by atoms with Gasteiger partial charge in [0.05, 0.1) is 0 Å². The number of hydrogen-bond acceptors (Lipinski definition) is 2. The van der Waals surface area contributed by atoms with Gasteiger partial charge in [-0.15, -0.1) is 0 Å². The maximum Gasteiger partial charge on any atom is 0.0200 e. The first-order valence-electron chi connectivity index (χ1n) is 4.85. The fraction of sp³-hybridized carbons (Fsp3) is 0.818. The molecule has 0 atom stereocenters. The van der Waals surface area contributed by atoms with Gasteiger partial charge >= 0.3 is 0 Å². The third kappa shape index (κ3) is 8.00. The van der Waals surface area contributed by atoms with Crippen LogP contribution >= 0.6 is 0 Å². The highest BCUT2D eigenvalue weighted by molar-refractivity contribution is 4.99. The predicted octanol–water partition coefficient (Wildman–Crippen LogP) is 1.74. The van der Waals surface area contributed by atoms with Crippen LogP contribution in [0.4, 0.5) is 0 Å². The lowest BCUT2D eigenvalue weighted by Gasteiger charge is -2.27. The second kappa shape index (κ2) is 5.40. The molecule has 0 saturated carbocycles. The zero-order valence-electron chi connectivity index (χ0n) is 9.78. The molecule has 0 bridgehead atoms. The topological polar surface area (TPSA) is 15.3 Å². The Balaban J connectivity index is 3.74. The van der Waals surface area contributed by atoms with Crippen LogP contribution < -0.4 is 5.32 Å². The van der Waals surface area contributed by atoms with E-state index in [1.807, 2.05) is 7.05 Å². The number of rotatable bonds is 5. The largest absolute Gasteiger partial charge is 0.316 e. The van der Waals surface area contributed by atoms with Gasteiger partial charge in [-0.1, -0.05) is 27.4 Å². The lowest BCUT2D eigenvalue weighted by atomic mass is 9.96. The summed E-state index contributed by atoms with van der Waals surface area (Å²) in [5.74, 6) is 0. The van der Waals surface area contributed by atoms with E-state index in [1.165, 1.54) is 5.57 Å². The van der Waals surface area contributed by atoms with Gasteiger partial charge in [0.15, 0.2) is 0 Å². The molecule has 0 amide bonds. The summed E-state index contributed by atoms with van der Waals surface area (Å²) < 4.78 is 0. The SMILES string of the molecule is C=C(CNC)CN(C)CC(C)(C)C. The highest BCUT2D eigenvalue weighted by Gasteiger charge is 2.13. The van der Waals surface area contributed by atoms with Gasteiger partial charge in [0.1, 0.15) is 0 Å². The molecule has 0 aromatic rings. The second-order valence-electron chi connectivity index (χ2n) is 5.01. The molecule has 13 heavy (non-hydrogen) atoms. The molecule has 0 fully saturated rings. The van der Waals surface area contributed by atoms with Crippen LogP contribution in [-0.4, -0.2) is 38.6 Å². The minimum absolute atomic E-state index is 0.370. The van der Waals surface area contributed by atoms with E-state index in [9.17, 15) is 0 Å². The zero-order chi connectivity index (χ0) is 10.5. The van der Waals surface area contributed by atoms with Crippen LogP contribution in [0, 0.1) is 5.41 Å². The molecule has 0 aromatic carbocycles. The van der Waals surface area contributed by atoms with Crippen molar-refractivity contribution in [2.75, 3.05) is 33.7 Å². The summed E-state index contributed by atoms with van der Waals surface area (Å²) in [5, 5.41) is 3.11. The van der Waals surface area contributed by atoms with Crippen molar-refractivity contribution in [1.82, 2.24) is 10.2 Å². The van der Waals surface area contributed by atoms with E-state index >= 15 is 0 Å². The molecule has 0 aliphatic carbocycles. The van der Waals surface area contributed by atoms with Crippen molar-refractivity contribution in [3.05, 3.63) is 12.2 Å². The third-order valence-electron chi connectivity index (χ3n) is 1.66. The maximum atomic E-state index is 4.01. The minimum Gasteiger partial charge on any atom is -0.316 e. The second-order valence-corrected chi connectivity index (χ2v) is 5.01.